The molecule has 0 aliphatic carbocycles. The fourth-order valence-electron chi connectivity index (χ4n) is 2.13. The molecule has 0 aliphatic heterocycles. The lowest BCUT2D eigenvalue weighted by Crippen LogP contribution is -2.43. The number of hydrogen-bond acceptors (Lipinski definition) is 4. The Labute approximate surface area is 144 Å². The highest BCUT2D eigenvalue weighted by Gasteiger charge is 2.18. The van der Waals surface area contributed by atoms with E-state index in [1.165, 1.54) is 0 Å². The van der Waals surface area contributed by atoms with Gasteiger partial charge in [-0.25, -0.2) is 4.79 Å². The van der Waals surface area contributed by atoms with Gasteiger partial charge >= 0.3 is 6.09 Å². The number of nitrogens with two attached hydrogens (primary N) is 1. The van der Waals surface area contributed by atoms with Gasteiger partial charge in [-0.05, 0) is 52.2 Å². The number of rotatable bonds is 8. The molecule has 134 valence electrons. The zero-order valence-electron chi connectivity index (χ0n) is 14.8. The van der Waals surface area contributed by atoms with Gasteiger partial charge in [0, 0.05) is 24.7 Å². The summed E-state index contributed by atoms with van der Waals surface area (Å²) in [5.74, 6) is -0.0714. The molecule has 0 spiro atoms. The minimum absolute atomic E-state index is 0.0714. The Morgan fingerprint density at radius 1 is 1.17 bits per heavy atom. The number of nitrogens with one attached hydrogen (secondary N) is 2. The second-order valence-electron chi connectivity index (χ2n) is 6.70. The molecule has 0 radical (unpaired) electrons. The number of unbranched alkanes of at least 4 members (excludes halogenated alkanes) is 1. The second kappa shape index (κ2) is 9.93. The van der Waals surface area contributed by atoms with Crippen LogP contribution in [0.15, 0.2) is 30.3 Å². The molecule has 6 heteroatoms. The largest absolute Gasteiger partial charge is 0.444 e. The maximum absolute atomic E-state index is 11.9. The van der Waals surface area contributed by atoms with E-state index in [-0.39, 0.29) is 11.9 Å². The fraction of sp³-hybridized carbons (Fsp3) is 0.556. The minimum atomic E-state index is -0.523. The van der Waals surface area contributed by atoms with E-state index >= 15 is 0 Å². The zero-order chi connectivity index (χ0) is 18.0. The van der Waals surface area contributed by atoms with Crippen LogP contribution < -0.4 is 16.4 Å². The van der Waals surface area contributed by atoms with Gasteiger partial charge in [0.25, 0.3) is 5.91 Å². The van der Waals surface area contributed by atoms with Gasteiger partial charge in [0.1, 0.15) is 5.60 Å². The van der Waals surface area contributed by atoms with Crippen LogP contribution in [0.25, 0.3) is 0 Å². The van der Waals surface area contributed by atoms with Gasteiger partial charge in [-0.1, -0.05) is 18.2 Å². The van der Waals surface area contributed by atoms with E-state index in [4.69, 9.17) is 10.5 Å². The van der Waals surface area contributed by atoms with Crippen LogP contribution in [0.5, 0.6) is 0 Å². The highest BCUT2D eigenvalue weighted by atomic mass is 16.6. The summed E-state index contributed by atoms with van der Waals surface area (Å²) in [6.45, 7) is 6.41. The van der Waals surface area contributed by atoms with Crippen molar-refractivity contribution in [2.75, 3.05) is 13.1 Å². The SMILES string of the molecule is CC(C)(C)OC(=O)N[C@H](CN)CCCCNC(=O)c1ccccc1. The van der Waals surface area contributed by atoms with Gasteiger partial charge in [0.15, 0.2) is 0 Å². The van der Waals surface area contributed by atoms with Crippen molar-refractivity contribution in [1.29, 1.82) is 0 Å². The number of hydrogen-bond donors (Lipinski definition) is 3. The normalized spacial score (nSPS) is 12.3. The van der Waals surface area contributed by atoms with E-state index in [0.717, 1.165) is 19.3 Å². The summed E-state index contributed by atoms with van der Waals surface area (Å²) in [6, 6.07) is 8.99. The number of carbonyl (C=O) groups excluding carboxylic acids is 2. The van der Waals surface area contributed by atoms with Gasteiger partial charge in [-0.3, -0.25) is 4.79 Å². The first kappa shape index (κ1) is 20.0. The zero-order valence-corrected chi connectivity index (χ0v) is 14.8. The van der Waals surface area contributed by atoms with Crippen LogP contribution in [0, 0.1) is 0 Å². The van der Waals surface area contributed by atoms with E-state index in [2.05, 4.69) is 10.6 Å². The molecule has 2 amide bonds. The minimum Gasteiger partial charge on any atom is -0.444 e. The van der Waals surface area contributed by atoms with Crippen molar-refractivity contribution in [3.63, 3.8) is 0 Å². The Morgan fingerprint density at radius 2 is 1.83 bits per heavy atom. The van der Waals surface area contributed by atoms with Crippen LogP contribution in [-0.2, 0) is 4.74 Å². The predicted molar refractivity (Wildman–Crippen MR) is 94.8 cm³/mol. The summed E-state index contributed by atoms with van der Waals surface area (Å²) in [5.41, 5.74) is 5.82. The van der Waals surface area contributed by atoms with Gasteiger partial charge in [0.05, 0.1) is 0 Å². The lowest BCUT2D eigenvalue weighted by molar-refractivity contribution is 0.0503. The summed E-state index contributed by atoms with van der Waals surface area (Å²) in [7, 11) is 0. The summed E-state index contributed by atoms with van der Waals surface area (Å²) < 4.78 is 5.22. The van der Waals surface area contributed by atoms with Gasteiger partial charge in [-0.2, -0.15) is 0 Å². The third-order valence-corrected chi connectivity index (χ3v) is 3.31. The molecular formula is C18H29N3O3. The molecule has 1 atom stereocenters. The molecule has 1 rings (SSSR count). The van der Waals surface area contributed by atoms with Crippen molar-refractivity contribution in [2.24, 2.45) is 5.73 Å². The van der Waals surface area contributed by atoms with Crippen LogP contribution >= 0.6 is 0 Å². The molecular weight excluding hydrogens is 306 g/mol. The Hall–Kier alpha value is -2.08. The predicted octanol–water partition coefficient (Wildman–Crippen LogP) is 2.44. The van der Waals surface area contributed by atoms with Crippen LogP contribution in [0.4, 0.5) is 4.79 Å². The van der Waals surface area contributed by atoms with Crippen LogP contribution in [-0.4, -0.2) is 36.7 Å². The van der Waals surface area contributed by atoms with E-state index in [1.807, 2.05) is 39.0 Å². The molecule has 0 bridgehead atoms. The summed E-state index contributed by atoms with van der Waals surface area (Å²) >= 11 is 0. The lowest BCUT2D eigenvalue weighted by atomic mass is 10.1. The molecule has 0 saturated heterocycles. The molecule has 4 N–H and O–H groups in total. The van der Waals surface area contributed by atoms with Crippen LogP contribution in [0.1, 0.15) is 50.4 Å². The smallest absolute Gasteiger partial charge is 0.407 e. The summed E-state index contributed by atoms with van der Waals surface area (Å²) in [5, 5.41) is 5.66. The Kier molecular flexibility index (Phi) is 8.26. The summed E-state index contributed by atoms with van der Waals surface area (Å²) in [6.07, 6.45) is 1.98. The number of amides is 2. The monoisotopic (exact) mass is 335 g/mol. The molecule has 1 aromatic rings. The van der Waals surface area contributed by atoms with E-state index < -0.39 is 11.7 Å². The fourth-order valence-corrected chi connectivity index (χ4v) is 2.13. The van der Waals surface area contributed by atoms with Crippen molar-refractivity contribution in [2.45, 2.75) is 51.7 Å². The topological polar surface area (TPSA) is 93.4 Å². The Balaban J connectivity index is 2.20. The first-order chi connectivity index (χ1) is 11.3. The highest BCUT2D eigenvalue weighted by molar-refractivity contribution is 5.94. The van der Waals surface area contributed by atoms with Crippen molar-refractivity contribution in [3.05, 3.63) is 35.9 Å². The van der Waals surface area contributed by atoms with Gasteiger partial charge < -0.3 is 21.1 Å². The average molecular weight is 335 g/mol. The quantitative estimate of drug-likeness (QED) is 0.636. The molecule has 0 aliphatic rings. The standard InChI is InChI=1S/C18H29N3O3/c1-18(2,3)24-17(23)21-15(13-19)11-7-8-12-20-16(22)14-9-5-4-6-10-14/h4-6,9-10,15H,7-8,11-13,19H2,1-3H3,(H,20,22)(H,21,23)/t15-/m0/s1. The Morgan fingerprint density at radius 3 is 2.42 bits per heavy atom. The number of carbonyl (C=O) groups is 2. The number of alkyl carbamates (subject to hydrolysis) is 1. The van der Waals surface area contributed by atoms with Crippen molar-refractivity contribution < 1.29 is 14.3 Å². The van der Waals surface area contributed by atoms with Crippen LogP contribution in [0.3, 0.4) is 0 Å². The van der Waals surface area contributed by atoms with E-state index in [1.54, 1.807) is 12.1 Å². The molecule has 0 aromatic heterocycles. The lowest BCUT2D eigenvalue weighted by Gasteiger charge is -2.23. The van der Waals surface area contributed by atoms with Gasteiger partial charge in [-0.15, -0.1) is 0 Å². The molecule has 0 saturated carbocycles. The Bertz CT molecular complexity index is 512. The highest BCUT2D eigenvalue weighted by Crippen LogP contribution is 2.08. The third kappa shape index (κ3) is 8.53. The first-order valence-corrected chi connectivity index (χ1v) is 8.34. The van der Waals surface area contributed by atoms with Gasteiger partial charge in [0.2, 0.25) is 0 Å². The molecule has 1 aromatic carbocycles. The number of benzene rings is 1. The molecule has 6 nitrogen and oxygen atoms in total. The molecule has 0 heterocycles. The maximum atomic E-state index is 11.9. The van der Waals surface area contributed by atoms with E-state index in [0.29, 0.717) is 18.7 Å². The van der Waals surface area contributed by atoms with Crippen molar-refractivity contribution in [1.82, 2.24) is 10.6 Å². The molecule has 24 heavy (non-hydrogen) atoms. The summed E-state index contributed by atoms with van der Waals surface area (Å²) in [4.78, 5) is 23.6. The maximum Gasteiger partial charge on any atom is 0.407 e. The third-order valence-electron chi connectivity index (χ3n) is 3.31. The number of ether oxygens (including phenoxy) is 1. The second-order valence-corrected chi connectivity index (χ2v) is 6.70. The van der Waals surface area contributed by atoms with E-state index in [9.17, 15) is 9.59 Å². The van der Waals surface area contributed by atoms with Crippen molar-refractivity contribution in [3.8, 4) is 0 Å². The molecule has 0 unspecified atom stereocenters. The molecule has 0 fully saturated rings. The first-order valence-electron chi connectivity index (χ1n) is 8.34. The van der Waals surface area contributed by atoms with Crippen LogP contribution in [0.2, 0.25) is 0 Å². The van der Waals surface area contributed by atoms with Crippen molar-refractivity contribution >= 4 is 12.0 Å². The average Bonchev–Trinajstić information content (AvgIpc) is 2.52.